The maximum absolute atomic E-state index is 4.49. The molecule has 15 heavy (non-hydrogen) atoms. The maximum atomic E-state index is 4.49. The molecule has 0 spiro atoms. The fourth-order valence-electron chi connectivity index (χ4n) is 1.73. The van der Waals surface area contributed by atoms with Gasteiger partial charge in [0, 0.05) is 25.2 Å². The minimum Gasteiger partial charge on any atom is -0.297 e. The molecule has 0 amide bonds. The summed E-state index contributed by atoms with van der Waals surface area (Å²) in [5, 5.41) is 10.9. The predicted molar refractivity (Wildman–Crippen MR) is 66.6 cm³/mol. The smallest absolute Gasteiger partial charge is 0.0396 e. The van der Waals surface area contributed by atoms with Crippen molar-refractivity contribution in [1.82, 2.24) is 5.01 Å². The van der Waals surface area contributed by atoms with Crippen molar-refractivity contribution in [1.29, 1.82) is 0 Å². The summed E-state index contributed by atoms with van der Waals surface area (Å²) < 4.78 is 0. The Bertz CT molecular complexity index is 323. The molecule has 2 rings (SSSR count). The molecule has 1 atom stereocenters. The molecule has 2 nitrogen and oxygen atoms in total. The van der Waals surface area contributed by atoms with E-state index in [4.69, 9.17) is 0 Å². The summed E-state index contributed by atoms with van der Waals surface area (Å²) in [5.74, 6) is 0.261. The molecular weight excluding hydrogens is 204 g/mol. The van der Waals surface area contributed by atoms with Crippen molar-refractivity contribution in [3.05, 3.63) is 35.0 Å². The fraction of sp³-hybridized carbons (Fsp3) is 0.417. The zero-order chi connectivity index (χ0) is 10.5. The number of hydrogen-bond donors (Lipinski definition) is 0. The summed E-state index contributed by atoms with van der Waals surface area (Å²) in [6.45, 7) is 6.06. The number of thiophene rings is 1. The Morgan fingerprint density at radius 1 is 1.47 bits per heavy atom. The van der Waals surface area contributed by atoms with Crippen LogP contribution in [0.3, 0.4) is 0 Å². The van der Waals surface area contributed by atoms with Gasteiger partial charge >= 0.3 is 0 Å². The molecule has 3 heteroatoms. The van der Waals surface area contributed by atoms with Crippen LogP contribution in [0, 0.1) is 0 Å². The van der Waals surface area contributed by atoms with Gasteiger partial charge in [0.1, 0.15) is 0 Å². The van der Waals surface area contributed by atoms with Gasteiger partial charge in [-0.05, 0) is 35.2 Å². The van der Waals surface area contributed by atoms with E-state index in [2.05, 4.69) is 33.5 Å². The van der Waals surface area contributed by atoms with Gasteiger partial charge in [-0.1, -0.05) is 6.08 Å². The third kappa shape index (κ3) is 2.69. The van der Waals surface area contributed by atoms with E-state index < -0.39 is 0 Å². The van der Waals surface area contributed by atoms with Crippen molar-refractivity contribution < 1.29 is 0 Å². The largest absolute Gasteiger partial charge is 0.297 e. The Balaban J connectivity index is 1.98. The van der Waals surface area contributed by atoms with Gasteiger partial charge in [0.25, 0.3) is 0 Å². The Morgan fingerprint density at radius 3 is 2.87 bits per heavy atom. The first-order chi connectivity index (χ1) is 7.40. The number of nitrogens with zero attached hydrogens (tertiary/aromatic N) is 2. The molecule has 80 valence electrons. The van der Waals surface area contributed by atoms with Crippen molar-refractivity contribution in [2.24, 2.45) is 5.10 Å². The molecule has 1 aliphatic rings. The Labute approximate surface area is 94.9 Å². The van der Waals surface area contributed by atoms with Gasteiger partial charge in [-0.2, -0.15) is 16.4 Å². The lowest BCUT2D eigenvalue weighted by molar-refractivity contribution is 0.361. The zero-order valence-electron chi connectivity index (χ0n) is 8.80. The van der Waals surface area contributed by atoms with Crippen LogP contribution >= 0.6 is 11.3 Å². The number of hydrazone groups is 1. The highest BCUT2D eigenvalue weighted by Gasteiger charge is 2.09. The van der Waals surface area contributed by atoms with Gasteiger partial charge < -0.3 is 0 Å². The van der Waals surface area contributed by atoms with Gasteiger partial charge in [0.05, 0.1) is 0 Å². The highest BCUT2D eigenvalue weighted by Crippen LogP contribution is 2.18. The normalized spacial score (nSPS) is 18.5. The summed E-state index contributed by atoms with van der Waals surface area (Å²) in [5.41, 5.74) is 1.29. The second-order valence-corrected chi connectivity index (χ2v) is 4.52. The second kappa shape index (κ2) is 5.12. The summed E-state index contributed by atoms with van der Waals surface area (Å²) in [6.07, 6.45) is 6.49. The van der Waals surface area contributed by atoms with Gasteiger partial charge in [0.15, 0.2) is 0 Å². The first kappa shape index (κ1) is 10.4. The van der Waals surface area contributed by atoms with E-state index >= 15 is 0 Å². The van der Waals surface area contributed by atoms with E-state index in [0.717, 1.165) is 13.1 Å². The van der Waals surface area contributed by atoms with Crippen molar-refractivity contribution in [2.45, 2.75) is 18.8 Å². The lowest BCUT2D eigenvalue weighted by Gasteiger charge is -2.11. The molecule has 2 heterocycles. The van der Waals surface area contributed by atoms with Crippen molar-refractivity contribution in [3.8, 4) is 0 Å². The highest BCUT2D eigenvalue weighted by atomic mass is 32.1. The molecule has 1 saturated heterocycles. The van der Waals surface area contributed by atoms with Crippen LogP contribution < -0.4 is 0 Å². The number of hydrogen-bond acceptors (Lipinski definition) is 3. The summed E-state index contributed by atoms with van der Waals surface area (Å²) >= 11 is 1.72. The first-order valence-electron chi connectivity index (χ1n) is 5.34. The Hall–Kier alpha value is -1.09. The van der Waals surface area contributed by atoms with Gasteiger partial charge in [-0.25, -0.2) is 0 Å². The van der Waals surface area contributed by atoms with E-state index in [9.17, 15) is 0 Å². The summed E-state index contributed by atoms with van der Waals surface area (Å²) in [7, 11) is 0. The lowest BCUT2D eigenvalue weighted by Crippen LogP contribution is -2.12. The van der Waals surface area contributed by atoms with Crippen LogP contribution in [0.4, 0.5) is 0 Å². The van der Waals surface area contributed by atoms with Crippen LogP contribution in [0.2, 0.25) is 0 Å². The van der Waals surface area contributed by atoms with Gasteiger partial charge in [-0.3, -0.25) is 5.01 Å². The summed E-state index contributed by atoms with van der Waals surface area (Å²) in [6, 6.07) is 2.13. The lowest BCUT2D eigenvalue weighted by atomic mass is 10.1. The molecule has 0 bridgehead atoms. The Kier molecular flexibility index (Phi) is 3.56. The van der Waals surface area contributed by atoms with E-state index in [0.29, 0.717) is 0 Å². The van der Waals surface area contributed by atoms with Crippen LogP contribution in [0.1, 0.15) is 24.3 Å². The molecule has 0 radical (unpaired) electrons. The van der Waals surface area contributed by atoms with Crippen molar-refractivity contribution >= 4 is 17.6 Å². The number of allylic oxidation sites excluding steroid dienone is 1. The van der Waals surface area contributed by atoms with E-state index in [1.54, 1.807) is 11.3 Å². The molecule has 1 aliphatic heterocycles. The molecule has 1 aromatic rings. The molecule has 1 fully saturated rings. The van der Waals surface area contributed by atoms with Crippen molar-refractivity contribution in [2.75, 3.05) is 13.1 Å². The average molecular weight is 220 g/mol. The molecule has 0 N–H and O–H groups in total. The van der Waals surface area contributed by atoms with Crippen LogP contribution in [-0.2, 0) is 0 Å². The predicted octanol–water partition coefficient (Wildman–Crippen LogP) is 3.10. The molecule has 1 aromatic heterocycles. The minimum atomic E-state index is 0.261. The van der Waals surface area contributed by atoms with E-state index in [1.165, 1.54) is 18.4 Å². The highest BCUT2D eigenvalue weighted by molar-refractivity contribution is 7.08. The molecule has 0 aliphatic carbocycles. The quantitative estimate of drug-likeness (QED) is 0.562. The topological polar surface area (TPSA) is 15.6 Å². The van der Waals surface area contributed by atoms with Crippen LogP contribution in [0.25, 0.3) is 0 Å². The van der Waals surface area contributed by atoms with Gasteiger partial charge in [-0.15, -0.1) is 6.58 Å². The zero-order valence-corrected chi connectivity index (χ0v) is 9.62. The fourth-order valence-corrected chi connectivity index (χ4v) is 2.44. The molecule has 0 saturated carbocycles. The third-order valence-corrected chi connectivity index (χ3v) is 3.36. The van der Waals surface area contributed by atoms with E-state index in [1.807, 2.05) is 12.3 Å². The van der Waals surface area contributed by atoms with Crippen LogP contribution in [0.15, 0.2) is 34.6 Å². The molecule has 0 aromatic carbocycles. The van der Waals surface area contributed by atoms with E-state index in [-0.39, 0.29) is 5.92 Å². The SMILES string of the molecule is C=C[C@@H](/C=N/N1CCCC1)c1ccsc1. The van der Waals surface area contributed by atoms with Gasteiger partial charge in [0.2, 0.25) is 0 Å². The van der Waals surface area contributed by atoms with Crippen LogP contribution in [0.5, 0.6) is 0 Å². The third-order valence-electron chi connectivity index (χ3n) is 2.66. The summed E-state index contributed by atoms with van der Waals surface area (Å²) in [4.78, 5) is 0. The maximum Gasteiger partial charge on any atom is 0.0396 e. The molecular formula is C12H16N2S. The first-order valence-corrected chi connectivity index (χ1v) is 6.28. The average Bonchev–Trinajstić information content (AvgIpc) is 2.90. The molecule has 0 unspecified atom stereocenters. The monoisotopic (exact) mass is 220 g/mol. The second-order valence-electron chi connectivity index (χ2n) is 3.74. The standard InChI is InChI=1S/C12H16N2S/c1-2-11(12-5-8-15-10-12)9-13-14-6-3-4-7-14/h2,5,8-11H,1,3-4,6-7H2/b13-9+/t11-/m0/s1. The van der Waals surface area contributed by atoms with Crippen LogP contribution in [-0.4, -0.2) is 24.3 Å². The van der Waals surface area contributed by atoms with Crippen molar-refractivity contribution in [3.63, 3.8) is 0 Å². The number of rotatable bonds is 4. The Morgan fingerprint density at radius 2 is 2.27 bits per heavy atom. The minimum absolute atomic E-state index is 0.261.